The van der Waals surface area contributed by atoms with Crippen LogP contribution in [0.5, 0.6) is 0 Å². The van der Waals surface area contributed by atoms with Crippen LogP contribution in [0.4, 0.5) is 0 Å². The fourth-order valence-electron chi connectivity index (χ4n) is 11.1. The number of unbranched alkanes of at least 4 members (excludes halogenated alkanes) is 54. The number of ether oxygens (including phenoxy) is 1. The molecule has 0 aliphatic rings. The summed E-state index contributed by atoms with van der Waals surface area (Å²) >= 11 is 0. The molecule has 0 aromatic heterocycles. The van der Waals surface area contributed by atoms with E-state index in [1.54, 1.807) is 6.08 Å². The summed E-state index contributed by atoms with van der Waals surface area (Å²) in [7, 11) is 0. The van der Waals surface area contributed by atoms with Gasteiger partial charge in [-0.1, -0.05) is 360 Å². The lowest BCUT2D eigenvalue weighted by molar-refractivity contribution is -0.143. The summed E-state index contributed by atoms with van der Waals surface area (Å²) in [5, 5.41) is 23.2. The lowest BCUT2D eigenvalue weighted by Gasteiger charge is -2.20. The van der Waals surface area contributed by atoms with Gasteiger partial charge in [-0.25, -0.2) is 0 Å². The predicted molar refractivity (Wildman–Crippen MR) is 329 cm³/mol. The minimum absolute atomic E-state index is 0.0160. The van der Waals surface area contributed by atoms with Crippen LogP contribution < -0.4 is 5.32 Å². The second-order valence-electron chi connectivity index (χ2n) is 23.9. The van der Waals surface area contributed by atoms with Gasteiger partial charge in [0, 0.05) is 12.8 Å². The molecule has 0 spiro atoms. The fourth-order valence-corrected chi connectivity index (χ4v) is 11.1. The number of carbonyl (C=O) groups is 2. The van der Waals surface area contributed by atoms with Gasteiger partial charge < -0.3 is 20.3 Å². The van der Waals surface area contributed by atoms with Crippen molar-refractivity contribution >= 4 is 11.9 Å². The van der Waals surface area contributed by atoms with Crippen LogP contribution in [0.2, 0.25) is 0 Å². The van der Waals surface area contributed by atoms with Gasteiger partial charge in [0.1, 0.15) is 0 Å². The first kappa shape index (κ1) is 73.6. The van der Waals surface area contributed by atoms with E-state index in [2.05, 4.69) is 19.2 Å². The molecule has 0 saturated carbocycles. The SMILES string of the molecule is CCCCCCCCCCCCCCCCCCCCC/C=C/C(O)C(CO)NC(=O)CCCCCCCCCCCCCCCCCCCCCCCOC(=O)CCCCCCCCCCCCCCCCCC. The van der Waals surface area contributed by atoms with Crippen LogP contribution in [0.3, 0.4) is 0 Å². The minimum atomic E-state index is -0.845. The molecule has 2 unspecified atom stereocenters. The van der Waals surface area contributed by atoms with Gasteiger partial charge in [0.15, 0.2) is 0 Å². The number of esters is 1. The van der Waals surface area contributed by atoms with Gasteiger partial charge in [-0.15, -0.1) is 0 Å². The van der Waals surface area contributed by atoms with Crippen molar-refractivity contribution in [3.05, 3.63) is 12.2 Å². The minimum Gasteiger partial charge on any atom is -0.466 e. The van der Waals surface area contributed by atoms with Gasteiger partial charge in [-0.2, -0.15) is 0 Å². The van der Waals surface area contributed by atoms with E-state index >= 15 is 0 Å². The van der Waals surface area contributed by atoms with Gasteiger partial charge >= 0.3 is 5.97 Å². The Kier molecular flexibility index (Phi) is 63.9. The summed E-state index contributed by atoms with van der Waals surface area (Å²) in [5.41, 5.74) is 0. The van der Waals surface area contributed by atoms with E-state index in [0.717, 1.165) is 38.5 Å². The monoisotopic (exact) mass is 1060 g/mol. The van der Waals surface area contributed by atoms with E-state index in [0.29, 0.717) is 19.4 Å². The third-order valence-electron chi connectivity index (χ3n) is 16.3. The van der Waals surface area contributed by atoms with Crippen molar-refractivity contribution in [2.45, 2.75) is 405 Å². The lowest BCUT2D eigenvalue weighted by atomic mass is 10.0. The highest BCUT2D eigenvalue weighted by Gasteiger charge is 2.18. The summed E-state index contributed by atoms with van der Waals surface area (Å²) in [5.74, 6) is -0.0484. The van der Waals surface area contributed by atoms with Crippen molar-refractivity contribution in [2.24, 2.45) is 0 Å². The molecule has 1 amide bonds. The summed E-state index contributed by atoms with van der Waals surface area (Å²) in [6.45, 7) is 4.95. The van der Waals surface area contributed by atoms with Crippen LogP contribution >= 0.6 is 0 Å². The number of hydrogen-bond donors (Lipinski definition) is 3. The highest BCUT2D eigenvalue weighted by molar-refractivity contribution is 5.76. The summed E-state index contributed by atoms with van der Waals surface area (Å²) in [6, 6.07) is -0.629. The molecule has 6 heteroatoms. The summed E-state index contributed by atoms with van der Waals surface area (Å²) in [4.78, 5) is 24.6. The van der Waals surface area contributed by atoms with E-state index in [4.69, 9.17) is 4.74 Å². The van der Waals surface area contributed by atoms with Gasteiger partial charge in [-0.3, -0.25) is 9.59 Å². The zero-order valence-corrected chi connectivity index (χ0v) is 51.1. The smallest absolute Gasteiger partial charge is 0.305 e. The third-order valence-corrected chi connectivity index (χ3v) is 16.3. The Morgan fingerprint density at radius 1 is 0.360 bits per heavy atom. The Balaban J connectivity index is 3.40. The van der Waals surface area contributed by atoms with Crippen LogP contribution in [0.1, 0.15) is 393 Å². The predicted octanol–water partition coefficient (Wildman–Crippen LogP) is 22.0. The number of allylic oxidation sites excluding steroid dienone is 1. The van der Waals surface area contributed by atoms with Crippen molar-refractivity contribution in [2.75, 3.05) is 13.2 Å². The Hall–Kier alpha value is -1.40. The first-order chi connectivity index (χ1) is 37.0. The van der Waals surface area contributed by atoms with E-state index in [1.165, 1.54) is 327 Å². The first-order valence-electron chi connectivity index (χ1n) is 34.5. The molecule has 0 rings (SSSR count). The topological polar surface area (TPSA) is 95.9 Å². The molecule has 3 N–H and O–H groups in total. The maximum absolute atomic E-state index is 12.5. The first-order valence-corrected chi connectivity index (χ1v) is 34.5. The molecule has 0 fully saturated rings. The molecule has 0 saturated heterocycles. The van der Waals surface area contributed by atoms with Gasteiger partial charge in [-0.05, 0) is 32.1 Å². The van der Waals surface area contributed by atoms with Crippen molar-refractivity contribution in [1.82, 2.24) is 5.32 Å². The molecule has 0 bridgehead atoms. The number of aliphatic hydroxyl groups is 2. The van der Waals surface area contributed by atoms with E-state index < -0.39 is 12.1 Å². The number of rotatable bonds is 65. The van der Waals surface area contributed by atoms with Crippen molar-refractivity contribution < 1.29 is 24.5 Å². The number of nitrogens with one attached hydrogen (secondary N) is 1. The molecule has 2 atom stereocenters. The Labute approximate surface area is 469 Å². The van der Waals surface area contributed by atoms with E-state index in [-0.39, 0.29) is 18.5 Å². The van der Waals surface area contributed by atoms with E-state index in [9.17, 15) is 19.8 Å². The van der Waals surface area contributed by atoms with Crippen molar-refractivity contribution in [3.8, 4) is 0 Å². The van der Waals surface area contributed by atoms with E-state index in [1.807, 2.05) is 6.08 Å². The van der Waals surface area contributed by atoms with Crippen LogP contribution in [-0.2, 0) is 14.3 Å². The Morgan fingerprint density at radius 2 is 0.613 bits per heavy atom. The number of hydrogen-bond acceptors (Lipinski definition) is 5. The van der Waals surface area contributed by atoms with Crippen LogP contribution in [-0.4, -0.2) is 47.4 Å². The molecule has 0 heterocycles. The normalized spacial score (nSPS) is 12.5. The second-order valence-corrected chi connectivity index (χ2v) is 23.9. The van der Waals surface area contributed by atoms with Crippen molar-refractivity contribution in [1.29, 1.82) is 0 Å². The zero-order valence-electron chi connectivity index (χ0n) is 51.1. The molecule has 0 radical (unpaired) electrons. The molecule has 75 heavy (non-hydrogen) atoms. The average molecular weight is 1060 g/mol. The molecule has 446 valence electrons. The van der Waals surface area contributed by atoms with Crippen LogP contribution in [0, 0.1) is 0 Å². The van der Waals surface area contributed by atoms with Crippen molar-refractivity contribution in [3.63, 3.8) is 0 Å². The number of carbonyl (C=O) groups excluding carboxylic acids is 2. The van der Waals surface area contributed by atoms with Crippen LogP contribution in [0.15, 0.2) is 12.2 Å². The van der Waals surface area contributed by atoms with Gasteiger partial charge in [0.25, 0.3) is 0 Å². The summed E-state index contributed by atoms with van der Waals surface area (Å²) in [6.07, 6.45) is 79.9. The Bertz CT molecular complexity index is 1130. The zero-order chi connectivity index (χ0) is 54.3. The quantitative estimate of drug-likeness (QED) is 0.0320. The number of aliphatic hydroxyl groups excluding tert-OH is 2. The molecular formula is C69H135NO5. The number of amides is 1. The average Bonchev–Trinajstić information content (AvgIpc) is 3.41. The molecule has 0 aliphatic heterocycles. The maximum Gasteiger partial charge on any atom is 0.305 e. The van der Waals surface area contributed by atoms with Gasteiger partial charge in [0.05, 0.1) is 25.4 Å². The molecule has 6 nitrogen and oxygen atoms in total. The third kappa shape index (κ3) is 61.7. The summed E-state index contributed by atoms with van der Waals surface area (Å²) < 4.78 is 5.50. The standard InChI is InChI=1S/C69H135NO5/c1-3-5-7-9-11-13-15-17-19-21-22-24-27-30-33-37-41-45-49-53-57-61-67(72)66(65-71)70-68(73)62-58-54-50-46-42-38-34-31-28-25-23-26-29-32-36-40-44-48-52-56-60-64-75-69(74)63-59-55-51-47-43-39-35-20-18-16-14-12-10-8-6-4-2/h57,61,66-67,71-72H,3-56,58-60,62-65H2,1-2H3,(H,70,73)/b61-57+. The maximum atomic E-state index is 12.5. The molecular weight excluding hydrogens is 923 g/mol. The molecule has 0 aromatic rings. The molecule has 0 aliphatic carbocycles. The lowest BCUT2D eigenvalue weighted by Crippen LogP contribution is -2.45. The van der Waals surface area contributed by atoms with Gasteiger partial charge in [0.2, 0.25) is 5.91 Å². The molecule has 0 aromatic carbocycles. The highest BCUT2D eigenvalue weighted by atomic mass is 16.5. The Morgan fingerprint density at radius 3 is 0.907 bits per heavy atom. The van der Waals surface area contributed by atoms with Crippen LogP contribution in [0.25, 0.3) is 0 Å². The largest absolute Gasteiger partial charge is 0.466 e. The fraction of sp³-hybridized carbons (Fsp3) is 0.942. The second kappa shape index (κ2) is 65.1. The highest BCUT2D eigenvalue weighted by Crippen LogP contribution is 2.19.